The summed E-state index contributed by atoms with van der Waals surface area (Å²) >= 11 is 1.72. The van der Waals surface area contributed by atoms with E-state index in [0.29, 0.717) is 5.69 Å². The monoisotopic (exact) mass is 256 g/mol. The van der Waals surface area contributed by atoms with E-state index >= 15 is 0 Å². The second-order valence-corrected chi connectivity index (χ2v) is 4.83. The smallest absolute Gasteiger partial charge is 0.157 e. The van der Waals surface area contributed by atoms with E-state index in [9.17, 15) is 0 Å². The van der Waals surface area contributed by atoms with Crippen molar-refractivity contribution in [2.75, 3.05) is 12.0 Å². The standard InChI is InChI=1S/C13H12N4S/c1-18-10-4-2-8(3-5-10)12-16-11-6-9(14)7-15-13(11)17-12/h2-7H,14H2,1H3,(H,15,16,17). The number of aromatic nitrogens is 3. The number of H-pyrrole nitrogens is 1. The topological polar surface area (TPSA) is 67.6 Å². The summed E-state index contributed by atoms with van der Waals surface area (Å²) in [6.07, 6.45) is 3.68. The Balaban J connectivity index is 2.07. The second-order valence-electron chi connectivity index (χ2n) is 3.95. The molecule has 0 aliphatic rings. The highest BCUT2D eigenvalue weighted by molar-refractivity contribution is 7.98. The number of nitrogens with one attached hydrogen (secondary N) is 1. The summed E-state index contributed by atoms with van der Waals surface area (Å²) in [5.41, 5.74) is 8.91. The van der Waals surface area contributed by atoms with Gasteiger partial charge in [-0.05, 0) is 24.5 Å². The van der Waals surface area contributed by atoms with Crippen LogP contribution in [0.3, 0.4) is 0 Å². The first-order chi connectivity index (χ1) is 8.76. The van der Waals surface area contributed by atoms with E-state index in [2.05, 4.69) is 33.3 Å². The molecule has 3 aromatic rings. The highest BCUT2D eigenvalue weighted by Gasteiger charge is 2.06. The number of pyridine rings is 1. The van der Waals surface area contributed by atoms with Crippen molar-refractivity contribution in [1.29, 1.82) is 0 Å². The molecule has 5 heteroatoms. The molecule has 90 valence electrons. The molecule has 0 amide bonds. The summed E-state index contributed by atoms with van der Waals surface area (Å²) in [5.74, 6) is 0.816. The molecule has 1 aromatic carbocycles. The Bertz CT molecular complexity index is 688. The normalized spacial score (nSPS) is 10.9. The predicted octanol–water partition coefficient (Wildman–Crippen LogP) is 2.93. The summed E-state index contributed by atoms with van der Waals surface area (Å²) in [7, 11) is 0. The minimum atomic E-state index is 0.623. The van der Waals surface area contributed by atoms with Crippen LogP contribution in [-0.4, -0.2) is 21.2 Å². The lowest BCUT2D eigenvalue weighted by molar-refractivity contribution is 1.29. The zero-order valence-corrected chi connectivity index (χ0v) is 10.7. The van der Waals surface area contributed by atoms with Gasteiger partial charge in [-0.3, -0.25) is 0 Å². The fourth-order valence-electron chi connectivity index (χ4n) is 1.80. The summed E-state index contributed by atoms with van der Waals surface area (Å²) in [4.78, 5) is 13.1. The average Bonchev–Trinajstić information content (AvgIpc) is 2.81. The summed E-state index contributed by atoms with van der Waals surface area (Å²) in [6.45, 7) is 0. The second kappa shape index (κ2) is 4.34. The van der Waals surface area contributed by atoms with Gasteiger partial charge in [0.25, 0.3) is 0 Å². The first-order valence-electron chi connectivity index (χ1n) is 5.52. The van der Waals surface area contributed by atoms with Crippen LogP contribution in [0.5, 0.6) is 0 Å². The number of anilines is 1. The van der Waals surface area contributed by atoms with Crippen molar-refractivity contribution in [1.82, 2.24) is 15.0 Å². The van der Waals surface area contributed by atoms with Gasteiger partial charge >= 0.3 is 0 Å². The zero-order chi connectivity index (χ0) is 12.5. The number of aromatic amines is 1. The molecule has 0 saturated heterocycles. The lowest BCUT2D eigenvalue weighted by atomic mass is 10.2. The van der Waals surface area contributed by atoms with Crippen molar-refractivity contribution in [3.63, 3.8) is 0 Å². The van der Waals surface area contributed by atoms with Crippen LogP contribution in [0.4, 0.5) is 5.69 Å². The molecule has 0 aliphatic heterocycles. The quantitative estimate of drug-likeness (QED) is 0.692. The molecule has 0 spiro atoms. The Morgan fingerprint density at radius 3 is 2.72 bits per heavy atom. The van der Waals surface area contributed by atoms with E-state index in [0.717, 1.165) is 22.6 Å². The van der Waals surface area contributed by atoms with E-state index in [4.69, 9.17) is 5.73 Å². The van der Waals surface area contributed by atoms with Crippen molar-refractivity contribution < 1.29 is 0 Å². The molecule has 2 aromatic heterocycles. The van der Waals surface area contributed by atoms with Gasteiger partial charge in [-0.2, -0.15) is 0 Å². The third kappa shape index (κ3) is 1.93. The minimum absolute atomic E-state index is 0.623. The number of hydrogen-bond donors (Lipinski definition) is 2. The Kier molecular flexibility index (Phi) is 2.68. The average molecular weight is 256 g/mol. The maximum atomic E-state index is 5.69. The number of benzene rings is 1. The van der Waals surface area contributed by atoms with E-state index in [-0.39, 0.29) is 0 Å². The number of thioether (sulfide) groups is 1. The van der Waals surface area contributed by atoms with Gasteiger partial charge in [-0.1, -0.05) is 12.1 Å². The van der Waals surface area contributed by atoms with Crippen molar-refractivity contribution >= 4 is 28.6 Å². The molecule has 0 radical (unpaired) electrons. The van der Waals surface area contributed by atoms with Gasteiger partial charge in [-0.15, -0.1) is 11.8 Å². The predicted molar refractivity (Wildman–Crippen MR) is 75.5 cm³/mol. The number of rotatable bonds is 2. The van der Waals surface area contributed by atoms with Crippen molar-refractivity contribution in [2.45, 2.75) is 4.90 Å². The van der Waals surface area contributed by atoms with Gasteiger partial charge in [0, 0.05) is 10.5 Å². The molecule has 0 saturated carbocycles. The van der Waals surface area contributed by atoms with Crippen LogP contribution in [0.15, 0.2) is 41.4 Å². The van der Waals surface area contributed by atoms with E-state index in [1.807, 2.05) is 18.2 Å². The SMILES string of the molecule is CSc1ccc(-c2nc3cc(N)cnc3[nH]2)cc1. The lowest BCUT2D eigenvalue weighted by Crippen LogP contribution is -1.85. The molecule has 0 atom stereocenters. The number of hydrogen-bond acceptors (Lipinski definition) is 4. The van der Waals surface area contributed by atoms with Gasteiger partial charge in [0.1, 0.15) is 11.3 Å². The van der Waals surface area contributed by atoms with Crippen LogP contribution in [0.25, 0.3) is 22.6 Å². The van der Waals surface area contributed by atoms with E-state index < -0.39 is 0 Å². The minimum Gasteiger partial charge on any atom is -0.397 e. The molecular formula is C13H12N4S. The third-order valence-electron chi connectivity index (χ3n) is 2.72. The van der Waals surface area contributed by atoms with Crippen LogP contribution >= 0.6 is 11.8 Å². The summed E-state index contributed by atoms with van der Waals surface area (Å²) in [6, 6.07) is 10.1. The van der Waals surface area contributed by atoms with Gasteiger partial charge in [0.05, 0.1) is 11.9 Å². The largest absolute Gasteiger partial charge is 0.397 e. The van der Waals surface area contributed by atoms with Crippen molar-refractivity contribution in [3.8, 4) is 11.4 Å². The first-order valence-corrected chi connectivity index (χ1v) is 6.74. The molecule has 18 heavy (non-hydrogen) atoms. The van der Waals surface area contributed by atoms with Crippen LogP contribution in [0.2, 0.25) is 0 Å². The van der Waals surface area contributed by atoms with Crippen LogP contribution in [-0.2, 0) is 0 Å². The van der Waals surface area contributed by atoms with Gasteiger partial charge in [0.2, 0.25) is 0 Å². The zero-order valence-electron chi connectivity index (χ0n) is 9.84. The molecule has 3 rings (SSSR count). The fraction of sp³-hybridized carbons (Fsp3) is 0.0769. The van der Waals surface area contributed by atoms with Crippen LogP contribution in [0.1, 0.15) is 0 Å². The lowest BCUT2D eigenvalue weighted by Gasteiger charge is -1.98. The number of nitrogens with zero attached hydrogens (tertiary/aromatic N) is 2. The van der Waals surface area contributed by atoms with Gasteiger partial charge in [-0.25, -0.2) is 9.97 Å². The number of nitrogens with two attached hydrogens (primary N) is 1. The molecule has 3 N–H and O–H groups in total. The van der Waals surface area contributed by atoms with Gasteiger partial charge in [0.15, 0.2) is 5.65 Å². The molecule has 0 bridgehead atoms. The Hall–Kier alpha value is -2.01. The van der Waals surface area contributed by atoms with Gasteiger partial charge < -0.3 is 10.7 Å². The molecule has 0 unspecified atom stereocenters. The summed E-state index contributed by atoms with van der Waals surface area (Å²) < 4.78 is 0. The highest BCUT2D eigenvalue weighted by Crippen LogP contribution is 2.23. The molecule has 0 aliphatic carbocycles. The Labute approximate surface area is 109 Å². The molecule has 4 nitrogen and oxygen atoms in total. The van der Waals surface area contributed by atoms with Crippen molar-refractivity contribution in [2.24, 2.45) is 0 Å². The maximum absolute atomic E-state index is 5.69. The molecule has 0 fully saturated rings. The number of imidazole rings is 1. The Morgan fingerprint density at radius 1 is 1.22 bits per heavy atom. The first kappa shape index (κ1) is 11.1. The molecule has 2 heterocycles. The fourth-order valence-corrected chi connectivity index (χ4v) is 2.20. The van der Waals surface area contributed by atoms with Crippen LogP contribution < -0.4 is 5.73 Å². The van der Waals surface area contributed by atoms with Crippen molar-refractivity contribution in [3.05, 3.63) is 36.5 Å². The Morgan fingerprint density at radius 2 is 2.00 bits per heavy atom. The third-order valence-corrected chi connectivity index (χ3v) is 3.46. The molecular weight excluding hydrogens is 244 g/mol. The number of fused-ring (bicyclic) bond motifs is 1. The maximum Gasteiger partial charge on any atom is 0.157 e. The number of nitrogen functional groups attached to an aromatic ring is 1. The van der Waals surface area contributed by atoms with E-state index in [1.54, 1.807) is 18.0 Å². The summed E-state index contributed by atoms with van der Waals surface area (Å²) in [5, 5.41) is 0. The van der Waals surface area contributed by atoms with E-state index in [1.165, 1.54) is 4.90 Å². The highest BCUT2D eigenvalue weighted by atomic mass is 32.2. The van der Waals surface area contributed by atoms with Crippen LogP contribution in [0, 0.1) is 0 Å².